The number of piperidine rings is 1. The summed E-state index contributed by atoms with van der Waals surface area (Å²) in [5, 5.41) is 10.9. The van der Waals surface area contributed by atoms with E-state index in [1.54, 1.807) is 17.9 Å². The molecular formula is C22H23F4N7O. The number of carbonyl (C=O) groups excluding carboxylic acids is 1. The Morgan fingerprint density at radius 1 is 1.18 bits per heavy atom. The maximum absolute atomic E-state index is 15.0. The number of hydrogen-bond acceptors (Lipinski definition) is 6. The number of nitrogens with zero attached hydrogens (tertiary/aromatic N) is 6. The molecule has 1 fully saturated rings. The van der Waals surface area contributed by atoms with Crippen molar-refractivity contribution in [2.24, 2.45) is 5.92 Å². The van der Waals surface area contributed by atoms with Gasteiger partial charge in [-0.2, -0.15) is 23.4 Å². The second kappa shape index (κ2) is 9.35. The normalized spacial score (nSPS) is 18.7. The van der Waals surface area contributed by atoms with Crippen molar-refractivity contribution in [1.82, 2.24) is 29.9 Å². The molecule has 1 saturated heterocycles. The molecule has 4 rings (SSSR count). The van der Waals surface area contributed by atoms with Gasteiger partial charge in [0, 0.05) is 25.5 Å². The Morgan fingerprint density at radius 3 is 2.50 bits per heavy atom. The van der Waals surface area contributed by atoms with Crippen molar-refractivity contribution in [2.45, 2.75) is 38.9 Å². The molecule has 2 atom stereocenters. The molecule has 34 heavy (non-hydrogen) atoms. The van der Waals surface area contributed by atoms with Gasteiger partial charge in [-0.1, -0.05) is 13.0 Å². The molecule has 12 heteroatoms. The second-order valence-electron chi connectivity index (χ2n) is 8.27. The lowest BCUT2D eigenvalue weighted by atomic mass is 9.90. The third kappa shape index (κ3) is 4.70. The van der Waals surface area contributed by atoms with Gasteiger partial charge in [0.25, 0.3) is 5.91 Å². The first kappa shape index (κ1) is 23.6. The summed E-state index contributed by atoms with van der Waals surface area (Å²) in [6.07, 6.45) is 1.32. The number of aryl methyl sites for hydroxylation is 1. The van der Waals surface area contributed by atoms with Gasteiger partial charge in [-0.15, -0.1) is 4.80 Å². The van der Waals surface area contributed by atoms with E-state index in [1.165, 1.54) is 18.5 Å². The van der Waals surface area contributed by atoms with Crippen molar-refractivity contribution in [2.75, 3.05) is 18.4 Å². The van der Waals surface area contributed by atoms with E-state index < -0.39 is 17.6 Å². The number of benzene rings is 1. The highest BCUT2D eigenvalue weighted by Crippen LogP contribution is 2.30. The van der Waals surface area contributed by atoms with Gasteiger partial charge >= 0.3 is 6.18 Å². The Kier molecular flexibility index (Phi) is 6.49. The van der Waals surface area contributed by atoms with Gasteiger partial charge in [-0.05, 0) is 37.3 Å². The van der Waals surface area contributed by atoms with Crippen LogP contribution in [-0.4, -0.2) is 54.9 Å². The molecule has 1 N–H and O–H groups in total. The van der Waals surface area contributed by atoms with E-state index in [1.807, 2.05) is 6.92 Å². The van der Waals surface area contributed by atoms with Crippen LogP contribution >= 0.6 is 0 Å². The minimum atomic E-state index is -4.52. The lowest BCUT2D eigenvalue weighted by Crippen LogP contribution is -2.51. The number of amides is 1. The number of anilines is 1. The number of hydrogen-bond donors (Lipinski definition) is 1. The number of halogens is 4. The average molecular weight is 477 g/mol. The summed E-state index contributed by atoms with van der Waals surface area (Å²) >= 11 is 0. The molecule has 8 nitrogen and oxygen atoms in total. The van der Waals surface area contributed by atoms with E-state index in [0.717, 1.165) is 17.6 Å². The largest absolute Gasteiger partial charge is 0.419 e. The number of nitrogens with one attached hydrogen (secondary N) is 1. The molecule has 1 aliphatic rings. The van der Waals surface area contributed by atoms with Crippen LogP contribution in [0.2, 0.25) is 0 Å². The van der Waals surface area contributed by atoms with Crippen LogP contribution in [0.1, 0.15) is 41.3 Å². The van der Waals surface area contributed by atoms with Gasteiger partial charge < -0.3 is 10.2 Å². The van der Waals surface area contributed by atoms with Crippen LogP contribution in [0.15, 0.2) is 36.9 Å². The highest BCUT2D eigenvalue weighted by atomic mass is 19.4. The van der Waals surface area contributed by atoms with Crippen LogP contribution in [0, 0.1) is 18.7 Å². The highest BCUT2D eigenvalue weighted by Gasteiger charge is 2.35. The van der Waals surface area contributed by atoms with Crippen LogP contribution in [0.5, 0.6) is 0 Å². The fraction of sp³-hybridized carbons (Fsp3) is 0.409. The number of aromatic nitrogens is 5. The minimum Gasteiger partial charge on any atom is -0.352 e. The molecule has 1 unspecified atom stereocenters. The molecule has 180 valence electrons. The number of carbonyl (C=O) groups is 1. The maximum atomic E-state index is 15.0. The van der Waals surface area contributed by atoms with Crippen LogP contribution in [-0.2, 0) is 6.18 Å². The average Bonchev–Trinajstić information content (AvgIpc) is 3.33. The Balaban J connectivity index is 1.58. The zero-order chi connectivity index (χ0) is 24.5. The van der Waals surface area contributed by atoms with Gasteiger partial charge in [0.15, 0.2) is 5.82 Å². The molecule has 1 aliphatic heterocycles. The Hall–Kier alpha value is -3.57. The van der Waals surface area contributed by atoms with Gasteiger partial charge in [-0.3, -0.25) is 4.79 Å². The van der Waals surface area contributed by atoms with Crippen molar-refractivity contribution in [3.8, 4) is 5.69 Å². The molecule has 0 saturated carbocycles. The monoisotopic (exact) mass is 477 g/mol. The molecule has 0 aliphatic carbocycles. The fourth-order valence-electron chi connectivity index (χ4n) is 4.09. The second-order valence-corrected chi connectivity index (χ2v) is 8.27. The summed E-state index contributed by atoms with van der Waals surface area (Å²) in [5.41, 5.74) is -0.481. The van der Waals surface area contributed by atoms with Crippen molar-refractivity contribution in [3.05, 3.63) is 59.4 Å². The van der Waals surface area contributed by atoms with Crippen LogP contribution in [0.4, 0.5) is 23.5 Å². The van der Waals surface area contributed by atoms with E-state index in [0.29, 0.717) is 24.5 Å². The zero-order valence-corrected chi connectivity index (χ0v) is 18.6. The van der Waals surface area contributed by atoms with E-state index in [4.69, 9.17) is 0 Å². The molecule has 0 bridgehead atoms. The van der Waals surface area contributed by atoms with Gasteiger partial charge in [0.05, 0.1) is 29.6 Å². The molecule has 2 aromatic heterocycles. The molecule has 3 aromatic rings. The quantitative estimate of drug-likeness (QED) is 0.562. The van der Waals surface area contributed by atoms with Crippen molar-refractivity contribution >= 4 is 11.9 Å². The van der Waals surface area contributed by atoms with E-state index >= 15 is 4.39 Å². The van der Waals surface area contributed by atoms with Crippen LogP contribution < -0.4 is 5.32 Å². The maximum Gasteiger partial charge on any atom is 0.419 e. The molecule has 1 aromatic carbocycles. The van der Waals surface area contributed by atoms with E-state index in [2.05, 4.69) is 25.5 Å². The van der Waals surface area contributed by atoms with Gasteiger partial charge in [0.2, 0.25) is 5.95 Å². The summed E-state index contributed by atoms with van der Waals surface area (Å²) in [5.74, 6) is -0.847. The summed E-state index contributed by atoms with van der Waals surface area (Å²) in [6, 6.07) is 2.78. The first-order chi connectivity index (χ1) is 16.2. The zero-order valence-electron chi connectivity index (χ0n) is 18.6. The third-order valence-corrected chi connectivity index (χ3v) is 5.98. The lowest BCUT2D eigenvalue weighted by molar-refractivity contribution is -0.138. The van der Waals surface area contributed by atoms with Crippen molar-refractivity contribution in [3.63, 3.8) is 0 Å². The molecule has 0 radical (unpaired) electrons. The van der Waals surface area contributed by atoms with Gasteiger partial charge in [0.1, 0.15) is 5.69 Å². The van der Waals surface area contributed by atoms with Gasteiger partial charge in [-0.25, -0.2) is 14.4 Å². The number of likely N-dealkylation sites (tertiary alicyclic amines) is 1. The highest BCUT2D eigenvalue weighted by molar-refractivity contribution is 5.98. The standard InChI is InChI=1S/C22H23F4N7O/c1-13-4-3-9-32(17(13)12-29-21-27-10-15(11-28-21)22(24,25)26)20(34)16-6-5-14(2)18(23)19(16)33-30-7-8-31-33/h5-8,10-11,13,17H,3-4,9,12H2,1-2H3,(H,27,28,29)/t13-,17?/m1/s1. The lowest BCUT2D eigenvalue weighted by Gasteiger charge is -2.40. The summed E-state index contributed by atoms with van der Waals surface area (Å²) < 4.78 is 53.3. The van der Waals surface area contributed by atoms with Crippen LogP contribution in [0.3, 0.4) is 0 Å². The summed E-state index contributed by atoms with van der Waals surface area (Å²) in [7, 11) is 0. The molecule has 1 amide bonds. The summed E-state index contributed by atoms with van der Waals surface area (Å²) in [6.45, 7) is 4.26. The fourth-order valence-corrected chi connectivity index (χ4v) is 4.09. The van der Waals surface area contributed by atoms with E-state index in [9.17, 15) is 18.0 Å². The van der Waals surface area contributed by atoms with Crippen LogP contribution in [0.25, 0.3) is 5.69 Å². The third-order valence-electron chi connectivity index (χ3n) is 5.98. The molecular weight excluding hydrogens is 454 g/mol. The Labute approximate surface area is 193 Å². The smallest absolute Gasteiger partial charge is 0.352 e. The van der Waals surface area contributed by atoms with E-state index in [-0.39, 0.29) is 41.6 Å². The molecule has 3 heterocycles. The Bertz CT molecular complexity index is 1150. The predicted molar refractivity (Wildman–Crippen MR) is 115 cm³/mol. The number of rotatable bonds is 5. The molecule has 0 spiro atoms. The number of alkyl halides is 3. The SMILES string of the molecule is Cc1ccc(C(=O)N2CCC[C@@H](C)C2CNc2ncc(C(F)(F)F)cn2)c(-n2nccn2)c1F. The summed E-state index contributed by atoms with van der Waals surface area (Å²) in [4.78, 5) is 23.8. The minimum absolute atomic E-state index is 0.0222. The Morgan fingerprint density at radius 2 is 1.85 bits per heavy atom. The first-order valence-electron chi connectivity index (χ1n) is 10.8. The van der Waals surface area contributed by atoms with Crippen molar-refractivity contribution < 1.29 is 22.4 Å². The first-order valence-corrected chi connectivity index (χ1v) is 10.8. The predicted octanol–water partition coefficient (Wildman–Crippen LogP) is 3.88. The topological polar surface area (TPSA) is 88.8 Å². The van der Waals surface area contributed by atoms with Crippen molar-refractivity contribution in [1.29, 1.82) is 0 Å².